The highest BCUT2D eigenvalue weighted by molar-refractivity contribution is 5.97. The lowest BCUT2D eigenvalue weighted by molar-refractivity contribution is 0.0692. The van der Waals surface area contributed by atoms with Crippen LogP contribution in [0.1, 0.15) is 16.8 Å². The highest BCUT2D eigenvalue weighted by Gasteiger charge is 2.12. The first-order valence-corrected chi connectivity index (χ1v) is 5.67. The molecule has 0 fully saturated rings. The van der Waals surface area contributed by atoms with Crippen molar-refractivity contribution in [3.8, 4) is 5.75 Å². The predicted molar refractivity (Wildman–Crippen MR) is 67.0 cm³/mol. The first kappa shape index (κ1) is 12.4. The van der Waals surface area contributed by atoms with Gasteiger partial charge in [0.1, 0.15) is 11.3 Å². The van der Waals surface area contributed by atoms with Crippen LogP contribution in [0.25, 0.3) is 10.8 Å². The zero-order valence-corrected chi connectivity index (χ0v) is 9.73. The van der Waals surface area contributed by atoms with Gasteiger partial charge in [-0.3, -0.25) is 4.39 Å². The molecule has 0 aliphatic rings. The lowest BCUT2D eigenvalue weighted by atomic mass is 10.1. The first-order valence-electron chi connectivity index (χ1n) is 5.67. The van der Waals surface area contributed by atoms with Gasteiger partial charge < -0.3 is 9.84 Å². The zero-order valence-electron chi connectivity index (χ0n) is 9.73. The second kappa shape index (κ2) is 5.49. The molecule has 18 heavy (non-hydrogen) atoms. The molecule has 0 radical (unpaired) electrons. The molecular weight excluding hydrogens is 235 g/mol. The van der Waals surface area contributed by atoms with Crippen molar-refractivity contribution in [1.29, 1.82) is 0 Å². The normalized spacial score (nSPS) is 10.5. The molecule has 0 bridgehead atoms. The van der Waals surface area contributed by atoms with Crippen molar-refractivity contribution in [3.63, 3.8) is 0 Å². The van der Waals surface area contributed by atoms with Gasteiger partial charge in [-0.2, -0.15) is 0 Å². The van der Waals surface area contributed by atoms with Crippen LogP contribution in [0.3, 0.4) is 0 Å². The summed E-state index contributed by atoms with van der Waals surface area (Å²) in [6.07, 6.45) is 0.256. The third-order valence-electron chi connectivity index (χ3n) is 2.61. The largest absolute Gasteiger partial charge is 0.493 e. The summed E-state index contributed by atoms with van der Waals surface area (Å²) in [5, 5.41) is 10.9. The number of carboxylic acid groups (broad SMARTS) is 1. The number of halogens is 1. The van der Waals surface area contributed by atoms with E-state index < -0.39 is 12.6 Å². The van der Waals surface area contributed by atoms with Crippen molar-refractivity contribution in [3.05, 3.63) is 42.0 Å². The highest BCUT2D eigenvalue weighted by atomic mass is 19.1. The van der Waals surface area contributed by atoms with Crippen molar-refractivity contribution in [2.24, 2.45) is 0 Å². The Kier molecular flexibility index (Phi) is 3.77. The molecule has 4 heteroatoms. The molecule has 3 nitrogen and oxygen atoms in total. The minimum Gasteiger partial charge on any atom is -0.493 e. The Morgan fingerprint density at radius 2 is 1.89 bits per heavy atom. The van der Waals surface area contributed by atoms with E-state index >= 15 is 0 Å². The Bertz CT molecular complexity index is 566. The SMILES string of the molecule is O=C(O)c1cc2ccccc2cc1OCCCF. The van der Waals surface area contributed by atoms with E-state index in [-0.39, 0.29) is 24.3 Å². The number of ether oxygens (including phenoxy) is 1. The van der Waals surface area contributed by atoms with Gasteiger partial charge in [0.15, 0.2) is 0 Å². The molecule has 0 aliphatic carbocycles. The van der Waals surface area contributed by atoms with E-state index in [0.717, 1.165) is 10.8 Å². The Morgan fingerprint density at radius 1 is 1.22 bits per heavy atom. The number of carboxylic acids is 1. The van der Waals surface area contributed by atoms with Crippen LogP contribution in [-0.2, 0) is 0 Å². The van der Waals surface area contributed by atoms with Crippen molar-refractivity contribution in [1.82, 2.24) is 0 Å². The Labute approximate surface area is 104 Å². The molecule has 0 heterocycles. The number of hydrogen-bond donors (Lipinski definition) is 1. The summed E-state index contributed by atoms with van der Waals surface area (Å²) in [6.45, 7) is -0.300. The van der Waals surface area contributed by atoms with Crippen LogP contribution in [-0.4, -0.2) is 24.4 Å². The first-order chi connectivity index (χ1) is 8.72. The zero-order chi connectivity index (χ0) is 13.0. The predicted octanol–water partition coefficient (Wildman–Crippen LogP) is 3.28. The Balaban J connectivity index is 2.41. The third-order valence-corrected chi connectivity index (χ3v) is 2.61. The van der Waals surface area contributed by atoms with Crippen LogP contribution >= 0.6 is 0 Å². The summed E-state index contributed by atoms with van der Waals surface area (Å²) in [6, 6.07) is 10.7. The Hall–Kier alpha value is -2.10. The van der Waals surface area contributed by atoms with E-state index in [0.29, 0.717) is 0 Å². The number of aromatic carboxylic acids is 1. The van der Waals surface area contributed by atoms with Gasteiger partial charge in [-0.05, 0) is 22.9 Å². The average Bonchev–Trinajstić information content (AvgIpc) is 2.38. The summed E-state index contributed by atoms with van der Waals surface area (Å²) in [4.78, 5) is 11.1. The second-order valence-electron chi connectivity index (χ2n) is 3.89. The second-order valence-corrected chi connectivity index (χ2v) is 3.89. The maximum atomic E-state index is 12.0. The number of carbonyl (C=O) groups is 1. The van der Waals surface area contributed by atoms with E-state index in [1.165, 1.54) is 0 Å². The molecule has 94 valence electrons. The van der Waals surface area contributed by atoms with Crippen molar-refractivity contribution in [2.45, 2.75) is 6.42 Å². The summed E-state index contributed by atoms with van der Waals surface area (Å²) in [5.41, 5.74) is 0.104. The molecule has 0 amide bonds. The summed E-state index contributed by atoms with van der Waals surface area (Å²) >= 11 is 0. The molecule has 0 unspecified atom stereocenters. The minimum atomic E-state index is -1.05. The van der Waals surface area contributed by atoms with Crippen LogP contribution < -0.4 is 4.74 Å². The van der Waals surface area contributed by atoms with Crippen LogP contribution in [0.5, 0.6) is 5.75 Å². The number of hydrogen-bond acceptors (Lipinski definition) is 2. The molecule has 0 aliphatic heterocycles. The summed E-state index contributed by atoms with van der Waals surface area (Å²) in [7, 11) is 0. The molecule has 0 spiro atoms. The molecule has 0 aromatic heterocycles. The molecular formula is C14H13FO3. The quantitative estimate of drug-likeness (QED) is 0.826. The van der Waals surface area contributed by atoms with E-state index in [1.807, 2.05) is 24.3 Å². The number of rotatable bonds is 5. The fraction of sp³-hybridized carbons (Fsp3) is 0.214. The molecule has 2 rings (SSSR count). The third kappa shape index (κ3) is 2.59. The number of benzene rings is 2. The van der Waals surface area contributed by atoms with Crippen molar-refractivity contribution < 1.29 is 19.0 Å². The molecule has 0 saturated heterocycles. The fourth-order valence-corrected chi connectivity index (χ4v) is 1.74. The maximum Gasteiger partial charge on any atom is 0.339 e. The lowest BCUT2D eigenvalue weighted by Crippen LogP contribution is -2.05. The van der Waals surface area contributed by atoms with Gasteiger partial charge in [0, 0.05) is 6.42 Å². The number of fused-ring (bicyclic) bond motifs is 1. The van der Waals surface area contributed by atoms with Gasteiger partial charge in [0.2, 0.25) is 0 Å². The van der Waals surface area contributed by atoms with Gasteiger partial charge in [0.25, 0.3) is 0 Å². The van der Waals surface area contributed by atoms with Gasteiger partial charge in [-0.25, -0.2) is 4.79 Å². The van der Waals surface area contributed by atoms with Crippen molar-refractivity contribution >= 4 is 16.7 Å². The van der Waals surface area contributed by atoms with Gasteiger partial charge in [-0.15, -0.1) is 0 Å². The van der Waals surface area contributed by atoms with Gasteiger partial charge in [0.05, 0.1) is 13.3 Å². The topological polar surface area (TPSA) is 46.5 Å². The molecule has 2 aromatic rings. The molecule has 0 saturated carbocycles. The molecule has 0 atom stereocenters. The van der Waals surface area contributed by atoms with E-state index in [4.69, 9.17) is 9.84 Å². The maximum absolute atomic E-state index is 12.0. The standard InChI is InChI=1S/C14H13FO3/c15-6-3-7-18-13-9-11-5-2-1-4-10(11)8-12(13)14(16)17/h1-2,4-5,8-9H,3,6-7H2,(H,16,17). The summed E-state index contributed by atoms with van der Waals surface area (Å²) in [5.74, 6) is -0.759. The van der Waals surface area contributed by atoms with Crippen molar-refractivity contribution in [2.75, 3.05) is 13.3 Å². The van der Waals surface area contributed by atoms with Gasteiger partial charge in [-0.1, -0.05) is 24.3 Å². The van der Waals surface area contributed by atoms with E-state index in [2.05, 4.69) is 0 Å². The Morgan fingerprint density at radius 3 is 2.50 bits per heavy atom. The summed E-state index contributed by atoms with van der Waals surface area (Å²) < 4.78 is 17.3. The van der Waals surface area contributed by atoms with Crippen LogP contribution in [0, 0.1) is 0 Å². The van der Waals surface area contributed by atoms with E-state index in [1.54, 1.807) is 12.1 Å². The van der Waals surface area contributed by atoms with Crippen LogP contribution in [0.4, 0.5) is 4.39 Å². The van der Waals surface area contributed by atoms with Gasteiger partial charge >= 0.3 is 5.97 Å². The smallest absolute Gasteiger partial charge is 0.339 e. The van der Waals surface area contributed by atoms with Crippen LogP contribution in [0.15, 0.2) is 36.4 Å². The molecule has 2 aromatic carbocycles. The average molecular weight is 248 g/mol. The van der Waals surface area contributed by atoms with Crippen LogP contribution in [0.2, 0.25) is 0 Å². The fourth-order valence-electron chi connectivity index (χ4n) is 1.74. The highest BCUT2D eigenvalue weighted by Crippen LogP contribution is 2.26. The number of alkyl halides is 1. The van der Waals surface area contributed by atoms with E-state index in [9.17, 15) is 9.18 Å². The molecule has 1 N–H and O–H groups in total. The minimum absolute atomic E-state index is 0.104. The monoisotopic (exact) mass is 248 g/mol. The lowest BCUT2D eigenvalue weighted by Gasteiger charge is -2.10.